The fourth-order valence-electron chi connectivity index (χ4n) is 4.30. The lowest BCUT2D eigenvalue weighted by atomic mass is 9.71. The molecule has 2 aromatic carbocycles. The second-order valence-electron chi connectivity index (χ2n) is 9.29. The van der Waals surface area contributed by atoms with Gasteiger partial charge in [-0.2, -0.15) is 0 Å². The Morgan fingerprint density at radius 1 is 1.09 bits per heavy atom. The first kappa shape index (κ1) is 22.4. The van der Waals surface area contributed by atoms with Crippen LogP contribution in [-0.2, 0) is 16.7 Å². The van der Waals surface area contributed by atoms with Gasteiger partial charge in [0.1, 0.15) is 5.60 Å². The first-order valence-electron chi connectivity index (χ1n) is 10.9. The number of hydrazone groups is 1. The Labute approximate surface area is 194 Å². The van der Waals surface area contributed by atoms with Gasteiger partial charge in [-0.25, -0.2) is 10.3 Å². The van der Waals surface area contributed by atoms with E-state index in [1.165, 1.54) is 5.56 Å². The molecule has 4 rings (SSSR count). The highest BCUT2D eigenvalue weighted by atomic mass is 35.5. The third-order valence-corrected chi connectivity index (χ3v) is 6.13. The first-order chi connectivity index (χ1) is 15.3. The van der Waals surface area contributed by atoms with E-state index in [1.807, 2.05) is 56.1 Å². The van der Waals surface area contributed by atoms with Crippen LogP contribution in [0.3, 0.4) is 0 Å². The quantitative estimate of drug-likeness (QED) is 0.712. The van der Waals surface area contributed by atoms with Crippen molar-refractivity contribution in [2.24, 2.45) is 5.10 Å². The minimum absolute atomic E-state index is 0.262. The van der Waals surface area contributed by atoms with E-state index in [2.05, 4.69) is 40.4 Å². The van der Waals surface area contributed by atoms with Crippen molar-refractivity contribution in [1.82, 2.24) is 21.0 Å². The third-order valence-electron chi connectivity index (χ3n) is 5.88. The number of amides is 1. The number of amidine groups is 1. The highest BCUT2D eigenvalue weighted by Gasteiger charge is 2.46. The SMILES string of the molecule is CC(C)(C)OC(=O)N1CCC(C2=NNNN2Cc2ccc(Cl)cc2)(c2ccccc2)CC1. The zero-order chi connectivity index (χ0) is 22.8. The van der Waals surface area contributed by atoms with Crippen LogP contribution in [-0.4, -0.2) is 40.5 Å². The van der Waals surface area contributed by atoms with E-state index in [4.69, 9.17) is 16.3 Å². The molecule has 0 bridgehead atoms. The van der Waals surface area contributed by atoms with Crippen molar-refractivity contribution in [1.29, 1.82) is 0 Å². The number of rotatable bonds is 4. The smallest absolute Gasteiger partial charge is 0.410 e. The van der Waals surface area contributed by atoms with Crippen LogP contribution in [0.2, 0.25) is 5.02 Å². The first-order valence-corrected chi connectivity index (χ1v) is 11.3. The molecule has 32 heavy (non-hydrogen) atoms. The molecule has 1 amide bonds. The van der Waals surface area contributed by atoms with Crippen LogP contribution in [0, 0.1) is 0 Å². The predicted molar refractivity (Wildman–Crippen MR) is 126 cm³/mol. The Hall–Kier alpha value is -2.77. The van der Waals surface area contributed by atoms with Gasteiger partial charge in [0.15, 0.2) is 5.84 Å². The number of ether oxygens (including phenoxy) is 1. The minimum Gasteiger partial charge on any atom is -0.444 e. The van der Waals surface area contributed by atoms with Crippen LogP contribution in [0.1, 0.15) is 44.7 Å². The molecule has 2 aliphatic rings. The highest BCUT2D eigenvalue weighted by Crippen LogP contribution is 2.39. The van der Waals surface area contributed by atoms with Crippen LogP contribution in [0.4, 0.5) is 4.79 Å². The number of hydrazine groups is 2. The molecule has 0 radical (unpaired) electrons. The number of piperidine rings is 1. The molecule has 0 unspecified atom stereocenters. The maximum atomic E-state index is 12.6. The van der Waals surface area contributed by atoms with Gasteiger partial charge in [0.05, 0.1) is 12.0 Å². The number of benzene rings is 2. The molecule has 2 aliphatic heterocycles. The largest absolute Gasteiger partial charge is 0.444 e. The minimum atomic E-state index is -0.510. The summed E-state index contributed by atoms with van der Waals surface area (Å²) in [4.78, 5) is 14.4. The van der Waals surface area contributed by atoms with Gasteiger partial charge in [-0.3, -0.25) is 5.01 Å². The normalized spacial score (nSPS) is 18.2. The van der Waals surface area contributed by atoms with Crippen molar-refractivity contribution in [3.05, 3.63) is 70.7 Å². The Balaban J connectivity index is 1.58. The van der Waals surface area contributed by atoms with Crippen molar-refractivity contribution >= 4 is 23.5 Å². The lowest BCUT2D eigenvalue weighted by molar-refractivity contribution is 0.0185. The van der Waals surface area contributed by atoms with Crippen molar-refractivity contribution in [2.75, 3.05) is 13.1 Å². The van der Waals surface area contributed by atoms with Gasteiger partial charge in [0.2, 0.25) is 0 Å². The number of likely N-dealkylation sites (tertiary alicyclic amines) is 1. The molecular weight excluding hydrogens is 426 g/mol. The van der Waals surface area contributed by atoms with Crippen molar-refractivity contribution in [2.45, 2.75) is 51.2 Å². The summed E-state index contributed by atoms with van der Waals surface area (Å²) < 4.78 is 5.60. The molecular formula is C24H30ClN5O2. The summed E-state index contributed by atoms with van der Waals surface area (Å²) in [6, 6.07) is 18.2. The Kier molecular flexibility index (Phi) is 6.31. The van der Waals surface area contributed by atoms with E-state index in [0.29, 0.717) is 24.7 Å². The molecule has 170 valence electrons. The van der Waals surface area contributed by atoms with E-state index >= 15 is 0 Å². The maximum Gasteiger partial charge on any atom is 0.410 e. The number of carbonyl (C=O) groups excluding carboxylic acids is 1. The Morgan fingerprint density at radius 3 is 2.38 bits per heavy atom. The zero-order valence-corrected chi connectivity index (χ0v) is 19.5. The summed E-state index contributed by atoms with van der Waals surface area (Å²) >= 11 is 6.05. The van der Waals surface area contributed by atoms with E-state index in [0.717, 1.165) is 24.2 Å². The van der Waals surface area contributed by atoms with Gasteiger partial charge in [-0.05, 0) is 56.9 Å². The summed E-state index contributed by atoms with van der Waals surface area (Å²) in [5.74, 6) is 0.919. The summed E-state index contributed by atoms with van der Waals surface area (Å²) in [5, 5.41) is 7.41. The van der Waals surface area contributed by atoms with E-state index in [-0.39, 0.29) is 11.5 Å². The van der Waals surface area contributed by atoms with Gasteiger partial charge >= 0.3 is 6.09 Å². The Morgan fingerprint density at radius 2 is 1.75 bits per heavy atom. The average molecular weight is 456 g/mol. The van der Waals surface area contributed by atoms with Crippen LogP contribution < -0.4 is 11.1 Å². The summed E-state index contributed by atoms with van der Waals surface area (Å²) in [5.41, 5.74) is 7.58. The van der Waals surface area contributed by atoms with Gasteiger partial charge in [-0.15, -0.1) is 10.6 Å². The summed E-state index contributed by atoms with van der Waals surface area (Å²) in [6.45, 7) is 7.50. The fraction of sp³-hybridized carbons (Fsp3) is 0.417. The number of carbonyl (C=O) groups is 1. The molecule has 0 saturated carbocycles. The standard InChI is InChI=1S/C24H30ClN5O2/c1-23(2,3)32-22(31)29-15-13-24(14-16-29,19-7-5-4-6-8-19)21-26-27-28-30(21)17-18-9-11-20(25)12-10-18/h4-12,27-28H,13-17H2,1-3H3. The van der Waals surface area contributed by atoms with Crippen LogP contribution in [0.15, 0.2) is 59.7 Å². The number of hydrogen-bond donors (Lipinski definition) is 2. The molecule has 0 aromatic heterocycles. The lowest BCUT2D eigenvalue weighted by Gasteiger charge is -2.43. The molecule has 2 aromatic rings. The summed E-state index contributed by atoms with van der Waals surface area (Å²) in [7, 11) is 0. The van der Waals surface area contributed by atoms with Crippen molar-refractivity contribution in [3.63, 3.8) is 0 Å². The summed E-state index contributed by atoms with van der Waals surface area (Å²) in [6.07, 6.45) is 1.23. The molecule has 2 heterocycles. The van der Waals surface area contributed by atoms with Crippen LogP contribution in [0.25, 0.3) is 0 Å². The van der Waals surface area contributed by atoms with Crippen molar-refractivity contribution < 1.29 is 9.53 Å². The Bertz CT molecular complexity index is 964. The van der Waals surface area contributed by atoms with E-state index < -0.39 is 5.60 Å². The third kappa shape index (κ3) is 4.84. The number of hydrogen-bond acceptors (Lipinski definition) is 6. The second kappa shape index (κ2) is 9.00. The molecule has 0 aliphatic carbocycles. The predicted octanol–water partition coefficient (Wildman–Crippen LogP) is 4.45. The topological polar surface area (TPSA) is 69.2 Å². The highest BCUT2D eigenvalue weighted by molar-refractivity contribution is 6.30. The average Bonchev–Trinajstić information content (AvgIpc) is 3.23. The van der Waals surface area contributed by atoms with Gasteiger partial charge in [0, 0.05) is 18.1 Å². The van der Waals surface area contributed by atoms with Gasteiger partial charge in [0.25, 0.3) is 0 Å². The van der Waals surface area contributed by atoms with Crippen molar-refractivity contribution in [3.8, 4) is 0 Å². The molecule has 1 saturated heterocycles. The van der Waals surface area contributed by atoms with Crippen LogP contribution >= 0.6 is 11.6 Å². The van der Waals surface area contributed by atoms with E-state index in [1.54, 1.807) is 4.90 Å². The molecule has 7 nitrogen and oxygen atoms in total. The number of halogens is 1. The monoisotopic (exact) mass is 455 g/mol. The molecule has 1 fully saturated rings. The van der Waals surface area contributed by atoms with E-state index in [9.17, 15) is 4.79 Å². The number of nitrogens with one attached hydrogen (secondary N) is 2. The lowest BCUT2D eigenvalue weighted by Crippen LogP contribution is -2.55. The number of nitrogens with zero attached hydrogens (tertiary/aromatic N) is 3. The van der Waals surface area contributed by atoms with Gasteiger partial charge in [-0.1, -0.05) is 54.1 Å². The zero-order valence-electron chi connectivity index (χ0n) is 18.8. The fourth-order valence-corrected chi connectivity index (χ4v) is 4.43. The maximum absolute atomic E-state index is 12.6. The molecule has 0 atom stereocenters. The van der Waals surface area contributed by atoms with Crippen LogP contribution in [0.5, 0.6) is 0 Å². The second-order valence-corrected chi connectivity index (χ2v) is 9.72. The molecule has 0 spiro atoms. The molecule has 2 N–H and O–H groups in total. The van der Waals surface area contributed by atoms with Gasteiger partial charge < -0.3 is 9.64 Å². The molecule has 8 heteroatoms.